The lowest BCUT2D eigenvalue weighted by Gasteiger charge is -2.06. The van der Waals surface area contributed by atoms with E-state index in [9.17, 15) is 4.79 Å². The van der Waals surface area contributed by atoms with Crippen molar-refractivity contribution < 1.29 is 14.6 Å². The van der Waals surface area contributed by atoms with Gasteiger partial charge in [0.1, 0.15) is 12.4 Å². The summed E-state index contributed by atoms with van der Waals surface area (Å²) in [4.78, 5) is 10.4. The molecule has 2 rings (SSSR count). The summed E-state index contributed by atoms with van der Waals surface area (Å²) in [6, 6.07) is 9.13. The molecule has 0 bridgehead atoms. The fraction of sp³-hybridized carbons (Fsp3) is 0.143. The van der Waals surface area contributed by atoms with Crippen molar-refractivity contribution in [1.29, 1.82) is 0 Å². The minimum absolute atomic E-state index is 0.508. The van der Waals surface area contributed by atoms with Gasteiger partial charge in [-0.3, -0.25) is 4.68 Å². The SMILES string of the molecule is O=C(O)C=Cc1cccc(OCCn2cccn2)c1. The lowest BCUT2D eigenvalue weighted by Crippen LogP contribution is -2.08. The normalized spacial score (nSPS) is 10.7. The number of benzene rings is 1. The molecule has 1 aromatic heterocycles. The third kappa shape index (κ3) is 4.31. The van der Waals surface area contributed by atoms with Crippen LogP contribution in [0.1, 0.15) is 5.56 Å². The maximum Gasteiger partial charge on any atom is 0.328 e. The third-order valence-electron chi connectivity index (χ3n) is 2.42. The molecule has 0 amide bonds. The van der Waals surface area contributed by atoms with E-state index in [-0.39, 0.29) is 0 Å². The van der Waals surface area contributed by atoms with Crippen molar-refractivity contribution in [3.63, 3.8) is 0 Å². The second-order valence-corrected chi connectivity index (χ2v) is 3.86. The molecule has 0 atom stereocenters. The first-order chi connectivity index (χ1) is 9.24. The molecule has 2 aromatic rings. The number of aliphatic carboxylic acids is 1. The Hall–Kier alpha value is -2.56. The molecule has 5 heteroatoms. The maximum atomic E-state index is 10.4. The van der Waals surface area contributed by atoms with Crippen molar-refractivity contribution in [2.24, 2.45) is 0 Å². The van der Waals surface area contributed by atoms with Gasteiger partial charge in [-0.25, -0.2) is 4.79 Å². The van der Waals surface area contributed by atoms with Crippen molar-refractivity contribution in [3.8, 4) is 5.75 Å². The summed E-state index contributed by atoms with van der Waals surface area (Å²) in [5.41, 5.74) is 0.791. The van der Waals surface area contributed by atoms with E-state index in [0.29, 0.717) is 18.9 Å². The van der Waals surface area contributed by atoms with Gasteiger partial charge in [-0.2, -0.15) is 5.10 Å². The molecule has 1 heterocycles. The number of ether oxygens (including phenoxy) is 1. The summed E-state index contributed by atoms with van der Waals surface area (Å²) >= 11 is 0. The molecule has 0 aliphatic rings. The standard InChI is InChI=1S/C14H14N2O3/c17-14(18)6-5-12-3-1-4-13(11-12)19-10-9-16-8-2-7-15-16/h1-8,11H,9-10H2,(H,17,18). The fourth-order valence-electron chi connectivity index (χ4n) is 1.57. The molecule has 0 unspecified atom stereocenters. The van der Waals surface area contributed by atoms with Gasteiger partial charge in [0.25, 0.3) is 0 Å². The van der Waals surface area contributed by atoms with Crippen LogP contribution >= 0.6 is 0 Å². The maximum absolute atomic E-state index is 10.4. The number of aromatic nitrogens is 2. The van der Waals surface area contributed by atoms with Crippen LogP contribution in [-0.2, 0) is 11.3 Å². The number of nitrogens with zero attached hydrogens (tertiary/aromatic N) is 2. The highest BCUT2D eigenvalue weighted by molar-refractivity contribution is 5.85. The Kier molecular flexibility index (Phi) is 4.34. The van der Waals surface area contributed by atoms with E-state index in [2.05, 4.69) is 5.10 Å². The van der Waals surface area contributed by atoms with Crippen LogP contribution in [0.2, 0.25) is 0 Å². The second-order valence-electron chi connectivity index (χ2n) is 3.86. The Morgan fingerprint density at radius 2 is 2.32 bits per heavy atom. The first kappa shape index (κ1) is 12.9. The zero-order valence-electron chi connectivity index (χ0n) is 10.3. The first-order valence-corrected chi connectivity index (χ1v) is 5.85. The largest absolute Gasteiger partial charge is 0.492 e. The van der Waals surface area contributed by atoms with Crippen LogP contribution in [0.5, 0.6) is 5.75 Å². The number of carbonyl (C=O) groups is 1. The molecule has 1 aromatic carbocycles. The molecule has 0 aliphatic heterocycles. The van der Waals surface area contributed by atoms with E-state index in [1.54, 1.807) is 16.9 Å². The molecule has 0 radical (unpaired) electrons. The van der Waals surface area contributed by atoms with Gasteiger partial charge in [-0.15, -0.1) is 0 Å². The number of carboxylic acid groups (broad SMARTS) is 1. The van der Waals surface area contributed by atoms with Crippen molar-refractivity contribution in [2.45, 2.75) is 6.54 Å². The molecule has 1 N–H and O–H groups in total. The highest BCUT2D eigenvalue weighted by Crippen LogP contribution is 2.14. The number of carboxylic acids is 1. The van der Waals surface area contributed by atoms with Crippen LogP contribution in [-0.4, -0.2) is 27.5 Å². The van der Waals surface area contributed by atoms with Crippen LogP contribution in [0.4, 0.5) is 0 Å². The summed E-state index contributed by atoms with van der Waals surface area (Å²) < 4.78 is 7.37. The highest BCUT2D eigenvalue weighted by atomic mass is 16.5. The molecule has 0 fully saturated rings. The van der Waals surface area contributed by atoms with Crippen LogP contribution in [0.15, 0.2) is 48.8 Å². The van der Waals surface area contributed by atoms with E-state index in [0.717, 1.165) is 11.6 Å². The minimum atomic E-state index is -0.968. The second kappa shape index (κ2) is 6.39. The molecule has 98 valence electrons. The zero-order chi connectivity index (χ0) is 13.5. The van der Waals surface area contributed by atoms with E-state index < -0.39 is 5.97 Å². The average Bonchev–Trinajstić information content (AvgIpc) is 2.90. The predicted molar refractivity (Wildman–Crippen MR) is 70.8 cm³/mol. The van der Waals surface area contributed by atoms with Crippen LogP contribution in [0, 0.1) is 0 Å². The van der Waals surface area contributed by atoms with E-state index in [1.165, 1.54) is 6.08 Å². The summed E-state index contributed by atoms with van der Waals surface area (Å²) in [5.74, 6) is -0.260. The van der Waals surface area contributed by atoms with Gasteiger partial charge in [-0.1, -0.05) is 12.1 Å². The lowest BCUT2D eigenvalue weighted by atomic mass is 10.2. The summed E-state index contributed by atoms with van der Waals surface area (Å²) in [6.07, 6.45) is 6.22. The molecule has 0 saturated heterocycles. The van der Waals surface area contributed by atoms with Crippen molar-refractivity contribution in [3.05, 3.63) is 54.4 Å². The fourth-order valence-corrected chi connectivity index (χ4v) is 1.57. The Morgan fingerprint density at radius 1 is 1.42 bits per heavy atom. The van der Waals surface area contributed by atoms with Gasteiger partial charge in [0.15, 0.2) is 0 Å². The Morgan fingerprint density at radius 3 is 3.05 bits per heavy atom. The van der Waals surface area contributed by atoms with Gasteiger partial charge >= 0.3 is 5.97 Å². The monoisotopic (exact) mass is 258 g/mol. The van der Waals surface area contributed by atoms with Crippen LogP contribution < -0.4 is 4.74 Å². The van der Waals surface area contributed by atoms with Crippen LogP contribution in [0.3, 0.4) is 0 Å². The van der Waals surface area contributed by atoms with Gasteiger partial charge in [-0.05, 0) is 29.8 Å². The number of rotatable bonds is 6. The number of hydrogen-bond donors (Lipinski definition) is 1. The highest BCUT2D eigenvalue weighted by Gasteiger charge is 1.96. The van der Waals surface area contributed by atoms with Crippen molar-refractivity contribution in [1.82, 2.24) is 9.78 Å². The van der Waals surface area contributed by atoms with Crippen molar-refractivity contribution >= 4 is 12.0 Å². The first-order valence-electron chi connectivity index (χ1n) is 5.85. The third-order valence-corrected chi connectivity index (χ3v) is 2.42. The molecule has 0 aliphatic carbocycles. The molecule has 5 nitrogen and oxygen atoms in total. The quantitative estimate of drug-likeness (QED) is 0.805. The Bertz CT molecular complexity index is 562. The average molecular weight is 258 g/mol. The topological polar surface area (TPSA) is 64.3 Å². The van der Waals surface area contributed by atoms with Gasteiger partial charge in [0.2, 0.25) is 0 Å². The van der Waals surface area contributed by atoms with E-state index in [4.69, 9.17) is 9.84 Å². The molecule has 0 saturated carbocycles. The van der Waals surface area contributed by atoms with Crippen molar-refractivity contribution in [2.75, 3.05) is 6.61 Å². The van der Waals surface area contributed by atoms with Gasteiger partial charge in [0, 0.05) is 18.5 Å². The molecular formula is C14H14N2O3. The van der Waals surface area contributed by atoms with E-state index in [1.807, 2.05) is 30.5 Å². The summed E-state index contributed by atoms with van der Waals surface area (Å²) in [7, 11) is 0. The Balaban J connectivity index is 1.90. The minimum Gasteiger partial charge on any atom is -0.492 e. The Labute approximate surface area is 110 Å². The van der Waals surface area contributed by atoms with Gasteiger partial charge in [0.05, 0.1) is 6.54 Å². The number of hydrogen-bond acceptors (Lipinski definition) is 3. The molecule has 19 heavy (non-hydrogen) atoms. The molecular weight excluding hydrogens is 244 g/mol. The van der Waals surface area contributed by atoms with Crippen LogP contribution in [0.25, 0.3) is 6.08 Å². The molecule has 0 spiro atoms. The lowest BCUT2D eigenvalue weighted by molar-refractivity contribution is -0.131. The predicted octanol–water partition coefficient (Wildman–Crippen LogP) is 2.06. The zero-order valence-corrected chi connectivity index (χ0v) is 10.3. The van der Waals surface area contributed by atoms with E-state index >= 15 is 0 Å². The van der Waals surface area contributed by atoms with Gasteiger partial charge < -0.3 is 9.84 Å². The summed E-state index contributed by atoms with van der Waals surface area (Å²) in [6.45, 7) is 1.18. The smallest absolute Gasteiger partial charge is 0.328 e. The summed E-state index contributed by atoms with van der Waals surface area (Å²) in [5, 5.41) is 12.6.